The predicted molar refractivity (Wildman–Crippen MR) is 85.2 cm³/mol. The van der Waals surface area contributed by atoms with Gasteiger partial charge < -0.3 is 4.74 Å². The molecule has 1 aliphatic rings. The Labute approximate surface area is 137 Å². The standard InChI is InChI=1S/C16H14ClNO3S/c17-11-5-3-4-10(8-11)15-18-12(9-22-15)16(20)21-14-7-2-1-6-13(14)19/h3-5,8-9,14H,1-2,6-7H2/t14-/m0/s1. The summed E-state index contributed by atoms with van der Waals surface area (Å²) in [5, 5.41) is 2.96. The fraction of sp³-hybridized carbons (Fsp3) is 0.312. The molecule has 3 rings (SSSR count). The predicted octanol–water partition coefficient (Wildman–Crippen LogP) is 4.13. The molecule has 0 aliphatic heterocycles. The van der Waals surface area contributed by atoms with Gasteiger partial charge in [0.15, 0.2) is 17.6 Å². The number of carbonyl (C=O) groups excluding carboxylic acids is 2. The summed E-state index contributed by atoms with van der Waals surface area (Å²) in [6, 6.07) is 7.28. The molecule has 0 saturated heterocycles. The summed E-state index contributed by atoms with van der Waals surface area (Å²) in [5.74, 6) is -0.533. The van der Waals surface area contributed by atoms with Gasteiger partial charge in [0.05, 0.1) is 0 Å². The molecule has 114 valence electrons. The first-order valence-electron chi connectivity index (χ1n) is 7.08. The van der Waals surface area contributed by atoms with Crippen LogP contribution < -0.4 is 0 Å². The molecule has 0 N–H and O–H groups in total. The third kappa shape index (κ3) is 3.36. The van der Waals surface area contributed by atoms with Gasteiger partial charge in [0.25, 0.3) is 0 Å². The van der Waals surface area contributed by atoms with Crippen molar-refractivity contribution in [1.29, 1.82) is 0 Å². The number of rotatable bonds is 3. The minimum atomic E-state index is -0.613. The van der Waals surface area contributed by atoms with Crippen molar-refractivity contribution in [3.63, 3.8) is 0 Å². The first kappa shape index (κ1) is 15.2. The van der Waals surface area contributed by atoms with Gasteiger partial charge in [-0.25, -0.2) is 9.78 Å². The summed E-state index contributed by atoms with van der Waals surface area (Å²) in [5.41, 5.74) is 1.09. The fourth-order valence-electron chi connectivity index (χ4n) is 2.39. The molecule has 1 saturated carbocycles. The van der Waals surface area contributed by atoms with E-state index in [1.807, 2.05) is 12.1 Å². The van der Waals surface area contributed by atoms with Crippen LogP contribution in [0.3, 0.4) is 0 Å². The number of esters is 1. The molecule has 1 fully saturated rings. The van der Waals surface area contributed by atoms with E-state index in [0.717, 1.165) is 18.4 Å². The Bertz CT molecular complexity index is 713. The molecule has 0 radical (unpaired) electrons. The van der Waals surface area contributed by atoms with Crippen LogP contribution in [0.4, 0.5) is 0 Å². The molecule has 1 heterocycles. The van der Waals surface area contributed by atoms with Crippen LogP contribution in [0.25, 0.3) is 10.6 Å². The number of thiazole rings is 1. The summed E-state index contributed by atoms with van der Waals surface area (Å²) in [6.45, 7) is 0. The molecule has 1 aromatic carbocycles. The van der Waals surface area contributed by atoms with Gasteiger partial charge in [-0.3, -0.25) is 4.79 Å². The number of hydrogen-bond donors (Lipinski definition) is 0. The van der Waals surface area contributed by atoms with Crippen molar-refractivity contribution in [1.82, 2.24) is 4.98 Å². The van der Waals surface area contributed by atoms with Crippen LogP contribution in [-0.2, 0) is 9.53 Å². The Kier molecular flexibility index (Phi) is 4.55. The van der Waals surface area contributed by atoms with Gasteiger partial charge in [-0.2, -0.15) is 0 Å². The zero-order valence-corrected chi connectivity index (χ0v) is 13.3. The van der Waals surface area contributed by atoms with E-state index < -0.39 is 12.1 Å². The maximum absolute atomic E-state index is 12.1. The molecule has 6 heteroatoms. The Morgan fingerprint density at radius 2 is 2.23 bits per heavy atom. The average Bonchev–Trinajstić information content (AvgIpc) is 2.99. The van der Waals surface area contributed by atoms with Gasteiger partial charge in [0, 0.05) is 22.4 Å². The second-order valence-corrected chi connectivity index (χ2v) is 6.45. The number of ketones is 1. The van der Waals surface area contributed by atoms with Crippen molar-refractivity contribution < 1.29 is 14.3 Å². The highest BCUT2D eigenvalue weighted by Crippen LogP contribution is 2.27. The van der Waals surface area contributed by atoms with Gasteiger partial charge in [-0.15, -0.1) is 11.3 Å². The highest BCUT2D eigenvalue weighted by atomic mass is 35.5. The summed E-state index contributed by atoms with van der Waals surface area (Å²) in [6.07, 6.45) is 2.27. The molecule has 1 aromatic heterocycles. The van der Waals surface area contributed by atoms with E-state index in [2.05, 4.69) is 4.98 Å². The van der Waals surface area contributed by atoms with Gasteiger partial charge in [0.2, 0.25) is 0 Å². The average molecular weight is 336 g/mol. The second kappa shape index (κ2) is 6.58. The normalized spacial score (nSPS) is 18.2. The van der Waals surface area contributed by atoms with Gasteiger partial charge in [0.1, 0.15) is 5.01 Å². The quantitative estimate of drug-likeness (QED) is 0.791. The molecule has 0 spiro atoms. The zero-order valence-electron chi connectivity index (χ0n) is 11.8. The SMILES string of the molecule is O=C(O[C@H]1CCCCC1=O)c1csc(-c2cccc(Cl)c2)n1. The smallest absolute Gasteiger partial charge is 0.358 e. The lowest BCUT2D eigenvalue weighted by molar-refractivity contribution is -0.129. The molecule has 0 amide bonds. The third-order valence-corrected chi connectivity index (χ3v) is 4.66. The molecule has 4 nitrogen and oxygen atoms in total. The topological polar surface area (TPSA) is 56.3 Å². The molecule has 1 atom stereocenters. The number of nitrogens with zero attached hydrogens (tertiary/aromatic N) is 1. The van der Waals surface area contributed by atoms with Crippen molar-refractivity contribution in [3.8, 4) is 10.6 Å². The number of Topliss-reactive ketones (excluding diaryl/α,β-unsaturated/α-hetero) is 1. The van der Waals surface area contributed by atoms with Crippen molar-refractivity contribution in [2.24, 2.45) is 0 Å². The van der Waals surface area contributed by atoms with E-state index in [9.17, 15) is 9.59 Å². The number of ether oxygens (including phenoxy) is 1. The Hall–Kier alpha value is -1.72. The summed E-state index contributed by atoms with van der Waals surface area (Å²) in [4.78, 5) is 28.1. The summed E-state index contributed by atoms with van der Waals surface area (Å²) < 4.78 is 5.29. The lowest BCUT2D eigenvalue weighted by Crippen LogP contribution is -2.30. The minimum absolute atomic E-state index is 0.00453. The van der Waals surface area contributed by atoms with Crippen LogP contribution in [-0.4, -0.2) is 22.8 Å². The van der Waals surface area contributed by atoms with Crippen molar-refractivity contribution >= 4 is 34.7 Å². The van der Waals surface area contributed by atoms with E-state index in [1.54, 1.807) is 17.5 Å². The Balaban J connectivity index is 1.73. The van der Waals surface area contributed by atoms with Crippen LogP contribution >= 0.6 is 22.9 Å². The molecule has 1 aliphatic carbocycles. The first-order valence-corrected chi connectivity index (χ1v) is 8.34. The molecular formula is C16H14ClNO3S. The van der Waals surface area contributed by atoms with Crippen LogP contribution in [0.15, 0.2) is 29.6 Å². The lowest BCUT2D eigenvalue weighted by atomic mass is 9.96. The van der Waals surface area contributed by atoms with Crippen molar-refractivity contribution in [3.05, 3.63) is 40.4 Å². The Morgan fingerprint density at radius 3 is 3.00 bits per heavy atom. The number of hydrogen-bond acceptors (Lipinski definition) is 5. The third-order valence-electron chi connectivity index (χ3n) is 3.53. The van der Waals surface area contributed by atoms with Crippen molar-refractivity contribution in [2.45, 2.75) is 31.8 Å². The fourth-order valence-corrected chi connectivity index (χ4v) is 3.36. The molecule has 0 bridgehead atoms. The maximum Gasteiger partial charge on any atom is 0.358 e. The van der Waals surface area contributed by atoms with E-state index in [-0.39, 0.29) is 11.5 Å². The zero-order chi connectivity index (χ0) is 15.5. The molecular weight excluding hydrogens is 322 g/mol. The van der Waals surface area contributed by atoms with Gasteiger partial charge >= 0.3 is 5.97 Å². The Morgan fingerprint density at radius 1 is 1.36 bits per heavy atom. The van der Waals surface area contributed by atoms with Crippen LogP contribution in [0.5, 0.6) is 0 Å². The maximum atomic E-state index is 12.1. The summed E-state index contributed by atoms with van der Waals surface area (Å²) >= 11 is 7.30. The van der Waals surface area contributed by atoms with Crippen LogP contribution in [0, 0.1) is 0 Å². The number of halogens is 1. The first-order chi connectivity index (χ1) is 10.6. The number of benzene rings is 1. The molecule has 2 aromatic rings. The van der Waals surface area contributed by atoms with Gasteiger partial charge in [-0.1, -0.05) is 23.7 Å². The largest absolute Gasteiger partial charge is 0.450 e. The summed E-state index contributed by atoms with van der Waals surface area (Å²) in [7, 11) is 0. The van der Waals surface area contributed by atoms with E-state index in [1.165, 1.54) is 11.3 Å². The van der Waals surface area contributed by atoms with E-state index in [0.29, 0.717) is 22.9 Å². The van der Waals surface area contributed by atoms with Gasteiger partial charge in [-0.05, 0) is 31.4 Å². The number of carbonyl (C=O) groups is 2. The minimum Gasteiger partial charge on any atom is -0.450 e. The lowest BCUT2D eigenvalue weighted by Gasteiger charge is -2.19. The van der Waals surface area contributed by atoms with Crippen molar-refractivity contribution in [2.75, 3.05) is 0 Å². The molecule has 22 heavy (non-hydrogen) atoms. The number of aromatic nitrogens is 1. The second-order valence-electron chi connectivity index (χ2n) is 5.15. The monoisotopic (exact) mass is 335 g/mol. The van der Waals surface area contributed by atoms with Crippen LogP contribution in [0.2, 0.25) is 5.02 Å². The molecule has 0 unspecified atom stereocenters. The van der Waals surface area contributed by atoms with E-state index >= 15 is 0 Å². The van der Waals surface area contributed by atoms with E-state index in [4.69, 9.17) is 16.3 Å². The highest BCUT2D eigenvalue weighted by molar-refractivity contribution is 7.13. The van der Waals surface area contributed by atoms with Crippen LogP contribution in [0.1, 0.15) is 36.2 Å². The highest BCUT2D eigenvalue weighted by Gasteiger charge is 2.27.